The molecule has 2 aromatic rings. The molecule has 1 aliphatic rings. The number of nitrogens with zero attached hydrogens (tertiary/aromatic N) is 2. The summed E-state index contributed by atoms with van der Waals surface area (Å²) in [6, 6.07) is 2.62. The Kier molecular flexibility index (Phi) is 6.39. The maximum atomic E-state index is 14.7. The number of aliphatic carboxylic acids is 1. The van der Waals surface area contributed by atoms with Crippen LogP contribution in [0.15, 0.2) is 21.7 Å². The molecule has 7 nitrogen and oxygen atoms in total. The predicted molar refractivity (Wildman–Crippen MR) is 110 cm³/mol. The van der Waals surface area contributed by atoms with Gasteiger partial charge in [0.1, 0.15) is 5.82 Å². The summed E-state index contributed by atoms with van der Waals surface area (Å²) >= 11 is 0. The molecule has 1 aromatic heterocycles. The van der Waals surface area contributed by atoms with Gasteiger partial charge in [0.05, 0.1) is 16.6 Å². The molecule has 1 heterocycles. The number of halogens is 1. The van der Waals surface area contributed by atoms with Crippen molar-refractivity contribution >= 4 is 22.6 Å². The first kappa shape index (κ1) is 21.1. The Hall–Kier alpha value is -2.64. The largest absolute Gasteiger partial charge is 0.481 e. The number of hydrogen-bond donors (Lipinski definition) is 2. The fourth-order valence-corrected chi connectivity index (χ4v) is 3.70. The summed E-state index contributed by atoms with van der Waals surface area (Å²) in [6.45, 7) is 4.58. The van der Waals surface area contributed by atoms with Crippen LogP contribution in [0, 0.1) is 11.7 Å². The Morgan fingerprint density at radius 3 is 2.55 bits per heavy atom. The van der Waals surface area contributed by atoms with Gasteiger partial charge in [-0.05, 0) is 50.2 Å². The second-order valence-corrected chi connectivity index (χ2v) is 7.75. The number of fused-ring (bicyclic) bond motifs is 1. The molecular formula is C21H28FN3O4. The van der Waals surface area contributed by atoms with E-state index in [1.807, 2.05) is 13.8 Å². The highest BCUT2D eigenvalue weighted by Gasteiger charge is 2.23. The third kappa shape index (κ3) is 4.52. The van der Waals surface area contributed by atoms with E-state index in [1.165, 1.54) is 6.07 Å². The highest BCUT2D eigenvalue weighted by molar-refractivity contribution is 5.82. The van der Waals surface area contributed by atoms with Crippen molar-refractivity contribution in [1.82, 2.24) is 9.13 Å². The van der Waals surface area contributed by atoms with Gasteiger partial charge in [-0.25, -0.2) is 9.18 Å². The van der Waals surface area contributed by atoms with E-state index in [-0.39, 0.29) is 30.8 Å². The lowest BCUT2D eigenvalue weighted by Crippen LogP contribution is -2.41. The number of nitrogens with one attached hydrogen (secondary N) is 1. The van der Waals surface area contributed by atoms with E-state index in [9.17, 15) is 18.8 Å². The Balaban J connectivity index is 2.15. The second-order valence-electron chi connectivity index (χ2n) is 7.75. The van der Waals surface area contributed by atoms with Crippen LogP contribution < -0.4 is 16.6 Å². The standard InChI is InChI=1S/C21H28FN3O4/c1-3-14(4-2)25-18-11-17(23-12-13-7-8-13)16(22)10-15(18)20(28)24(21(25)29)9-5-6-19(26)27/h10-11,13-14,23H,3-9,12H2,1-2H3,(H,26,27). The van der Waals surface area contributed by atoms with E-state index in [0.29, 0.717) is 36.5 Å². The van der Waals surface area contributed by atoms with Gasteiger partial charge in [-0.3, -0.25) is 18.7 Å². The van der Waals surface area contributed by atoms with Crippen molar-refractivity contribution in [2.24, 2.45) is 5.92 Å². The Morgan fingerprint density at radius 1 is 1.28 bits per heavy atom. The van der Waals surface area contributed by atoms with Gasteiger partial charge in [0, 0.05) is 25.6 Å². The molecule has 0 radical (unpaired) electrons. The van der Waals surface area contributed by atoms with Gasteiger partial charge in [0.25, 0.3) is 5.56 Å². The first-order chi connectivity index (χ1) is 13.9. The molecule has 0 saturated heterocycles. The first-order valence-electron chi connectivity index (χ1n) is 10.3. The molecule has 1 saturated carbocycles. The first-order valence-corrected chi connectivity index (χ1v) is 10.3. The molecule has 1 aromatic carbocycles. The van der Waals surface area contributed by atoms with Gasteiger partial charge in [-0.15, -0.1) is 0 Å². The van der Waals surface area contributed by atoms with Crippen LogP contribution in [-0.2, 0) is 11.3 Å². The Labute approximate surface area is 168 Å². The van der Waals surface area contributed by atoms with E-state index >= 15 is 0 Å². The lowest BCUT2D eigenvalue weighted by atomic mass is 10.1. The van der Waals surface area contributed by atoms with E-state index in [2.05, 4.69) is 5.32 Å². The van der Waals surface area contributed by atoms with E-state index in [4.69, 9.17) is 5.11 Å². The third-order valence-electron chi connectivity index (χ3n) is 5.62. The van der Waals surface area contributed by atoms with E-state index in [0.717, 1.165) is 17.4 Å². The molecule has 0 atom stereocenters. The molecule has 1 fully saturated rings. The van der Waals surface area contributed by atoms with Gasteiger partial charge in [0.15, 0.2) is 0 Å². The topological polar surface area (TPSA) is 93.3 Å². The summed E-state index contributed by atoms with van der Waals surface area (Å²) in [4.78, 5) is 36.9. The number of carboxylic acid groups (broad SMARTS) is 1. The van der Waals surface area contributed by atoms with Crippen LogP contribution in [0.25, 0.3) is 10.9 Å². The molecule has 0 bridgehead atoms. The maximum Gasteiger partial charge on any atom is 0.331 e. The SMILES string of the molecule is CCC(CC)n1c(=O)n(CCCC(=O)O)c(=O)c2cc(F)c(NCC3CC3)cc21. The second kappa shape index (κ2) is 8.80. The minimum Gasteiger partial charge on any atom is -0.481 e. The molecule has 0 unspecified atom stereocenters. The summed E-state index contributed by atoms with van der Waals surface area (Å²) in [5.74, 6) is -0.966. The number of rotatable bonds is 10. The molecule has 8 heteroatoms. The summed E-state index contributed by atoms with van der Waals surface area (Å²) < 4.78 is 17.3. The zero-order valence-electron chi connectivity index (χ0n) is 16.9. The van der Waals surface area contributed by atoms with Crippen LogP contribution in [0.5, 0.6) is 0 Å². The average Bonchev–Trinajstić information content (AvgIpc) is 3.51. The molecule has 1 aliphatic carbocycles. The van der Waals surface area contributed by atoms with Crippen molar-refractivity contribution in [3.05, 3.63) is 38.8 Å². The van der Waals surface area contributed by atoms with Crippen LogP contribution in [0.2, 0.25) is 0 Å². The fraction of sp³-hybridized carbons (Fsp3) is 0.571. The minimum absolute atomic E-state index is 0.0106. The average molecular weight is 405 g/mol. The van der Waals surface area contributed by atoms with Crippen molar-refractivity contribution in [2.45, 2.75) is 65.0 Å². The van der Waals surface area contributed by atoms with Crippen molar-refractivity contribution in [3.8, 4) is 0 Å². The molecular weight excluding hydrogens is 377 g/mol. The van der Waals surface area contributed by atoms with E-state index < -0.39 is 23.0 Å². The minimum atomic E-state index is -0.989. The molecule has 3 rings (SSSR count). The van der Waals surface area contributed by atoms with Crippen molar-refractivity contribution in [1.29, 1.82) is 0 Å². The van der Waals surface area contributed by atoms with Gasteiger partial charge in [-0.2, -0.15) is 0 Å². The number of anilines is 1. The summed E-state index contributed by atoms with van der Waals surface area (Å²) in [5.41, 5.74) is -0.332. The van der Waals surface area contributed by atoms with Gasteiger partial charge in [-0.1, -0.05) is 13.8 Å². The van der Waals surface area contributed by atoms with Gasteiger partial charge < -0.3 is 10.4 Å². The van der Waals surface area contributed by atoms with E-state index in [1.54, 1.807) is 10.6 Å². The summed E-state index contributed by atoms with van der Waals surface area (Å²) in [5, 5.41) is 12.1. The van der Waals surface area contributed by atoms with Crippen LogP contribution in [0.3, 0.4) is 0 Å². The summed E-state index contributed by atoms with van der Waals surface area (Å²) in [6.07, 6.45) is 3.63. The zero-order valence-corrected chi connectivity index (χ0v) is 16.9. The fourth-order valence-electron chi connectivity index (χ4n) is 3.70. The zero-order chi connectivity index (χ0) is 21.1. The molecule has 0 amide bonds. The van der Waals surface area contributed by atoms with Crippen molar-refractivity contribution in [2.75, 3.05) is 11.9 Å². The normalized spacial score (nSPS) is 13.9. The van der Waals surface area contributed by atoms with Crippen LogP contribution >= 0.6 is 0 Å². The lowest BCUT2D eigenvalue weighted by molar-refractivity contribution is -0.137. The highest BCUT2D eigenvalue weighted by Crippen LogP contribution is 2.30. The molecule has 158 valence electrons. The Bertz CT molecular complexity index is 1020. The van der Waals surface area contributed by atoms with Crippen molar-refractivity contribution in [3.63, 3.8) is 0 Å². The van der Waals surface area contributed by atoms with Crippen molar-refractivity contribution < 1.29 is 14.3 Å². The highest BCUT2D eigenvalue weighted by atomic mass is 19.1. The molecule has 0 spiro atoms. The number of benzene rings is 1. The van der Waals surface area contributed by atoms with Gasteiger partial charge >= 0.3 is 11.7 Å². The third-order valence-corrected chi connectivity index (χ3v) is 5.62. The van der Waals surface area contributed by atoms with Crippen LogP contribution in [0.4, 0.5) is 10.1 Å². The number of aromatic nitrogens is 2. The number of hydrogen-bond acceptors (Lipinski definition) is 4. The molecule has 29 heavy (non-hydrogen) atoms. The van der Waals surface area contributed by atoms with Gasteiger partial charge in [0.2, 0.25) is 0 Å². The maximum absolute atomic E-state index is 14.7. The number of carboxylic acids is 1. The summed E-state index contributed by atoms with van der Waals surface area (Å²) in [7, 11) is 0. The lowest BCUT2D eigenvalue weighted by Gasteiger charge is -2.21. The molecule has 0 aliphatic heterocycles. The smallest absolute Gasteiger partial charge is 0.331 e. The van der Waals surface area contributed by atoms with Crippen LogP contribution in [-0.4, -0.2) is 26.8 Å². The predicted octanol–water partition coefficient (Wildman–Crippen LogP) is 3.35. The molecule has 2 N–H and O–H groups in total. The monoisotopic (exact) mass is 405 g/mol. The Morgan fingerprint density at radius 2 is 1.97 bits per heavy atom. The van der Waals surface area contributed by atoms with Crippen LogP contribution in [0.1, 0.15) is 58.4 Å². The number of carbonyl (C=O) groups is 1. The quantitative estimate of drug-likeness (QED) is 0.632.